The lowest BCUT2D eigenvalue weighted by Crippen LogP contribution is -2.11. The van der Waals surface area contributed by atoms with Gasteiger partial charge in [0.2, 0.25) is 5.89 Å². The minimum absolute atomic E-state index is 0.684. The van der Waals surface area contributed by atoms with Crippen LogP contribution in [0.2, 0.25) is 0 Å². The second-order valence-electron chi connectivity index (χ2n) is 3.95. The minimum atomic E-state index is 0.684. The maximum absolute atomic E-state index is 5.67. The van der Waals surface area contributed by atoms with Crippen molar-refractivity contribution in [3.05, 3.63) is 41.9 Å². The molecular formula is C14H18N2O. The van der Waals surface area contributed by atoms with Crippen LogP contribution in [-0.4, -0.2) is 11.5 Å². The van der Waals surface area contributed by atoms with Crippen LogP contribution in [0.4, 0.5) is 0 Å². The SMILES string of the molecule is CCNCc1ncc(-c2ccc(CC)cc2)o1. The molecular weight excluding hydrogens is 212 g/mol. The Balaban J connectivity index is 2.12. The van der Waals surface area contributed by atoms with Crippen LogP contribution in [0.25, 0.3) is 11.3 Å². The summed E-state index contributed by atoms with van der Waals surface area (Å²) in [5.41, 5.74) is 2.42. The highest BCUT2D eigenvalue weighted by Gasteiger charge is 2.05. The summed E-state index contributed by atoms with van der Waals surface area (Å²) < 4.78 is 5.67. The van der Waals surface area contributed by atoms with E-state index < -0.39 is 0 Å². The van der Waals surface area contributed by atoms with Gasteiger partial charge in [0.05, 0.1) is 12.7 Å². The van der Waals surface area contributed by atoms with Crippen LogP contribution in [0, 0.1) is 0 Å². The van der Waals surface area contributed by atoms with Gasteiger partial charge in [0.1, 0.15) is 0 Å². The molecule has 1 aromatic heterocycles. The van der Waals surface area contributed by atoms with Crippen molar-refractivity contribution in [3.8, 4) is 11.3 Å². The summed E-state index contributed by atoms with van der Waals surface area (Å²) in [5, 5.41) is 3.19. The van der Waals surface area contributed by atoms with E-state index in [1.807, 2.05) is 0 Å². The molecule has 0 saturated heterocycles. The number of oxazole rings is 1. The zero-order valence-corrected chi connectivity index (χ0v) is 10.4. The molecule has 90 valence electrons. The first-order valence-corrected chi connectivity index (χ1v) is 6.08. The first kappa shape index (κ1) is 11.9. The molecule has 0 aliphatic heterocycles. The number of aryl methyl sites for hydroxylation is 1. The average Bonchev–Trinajstić information content (AvgIpc) is 2.85. The highest BCUT2D eigenvalue weighted by Crippen LogP contribution is 2.20. The first-order valence-electron chi connectivity index (χ1n) is 6.08. The molecule has 0 unspecified atom stereocenters. The van der Waals surface area contributed by atoms with E-state index in [4.69, 9.17) is 4.42 Å². The Kier molecular flexibility index (Phi) is 3.94. The first-order chi connectivity index (χ1) is 8.33. The Morgan fingerprint density at radius 2 is 1.94 bits per heavy atom. The van der Waals surface area contributed by atoms with Gasteiger partial charge in [-0.15, -0.1) is 0 Å². The highest BCUT2D eigenvalue weighted by atomic mass is 16.4. The van der Waals surface area contributed by atoms with E-state index in [0.29, 0.717) is 6.54 Å². The van der Waals surface area contributed by atoms with Crippen LogP contribution < -0.4 is 5.32 Å². The van der Waals surface area contributed by atoms with Gasteiger partial charge in [-0.05, 0) is 18.5 Å². The normalized spacial score (nSPS) is 10.7. The Hall–Kier alpha value is -1.61. The molecule has 0 radical (unpaired) electrons. The number of rotatable bonds is 5. The molecule has 0 spiro atoms. The molecule has 0 bridgehead atoms. The van der Waals surface area contributed by atoms with E-state index in [-0.39, 0.29) is 0 Å². The van der Waals surface area contributed by atoms with Gasteiger partial charge in [-0.25, -0.2) is 4.98 Å². The van der Waals surface area contributed by atoms with Gasteiger partial charge >= 0.3 is 0 Å². The van der Waals surface area contributed by atoms with Crippen LogP contribution >= 0.6 is 0 Å². The predicted molar refractivity (Wildman–Crippen MR) is 68.7 cm³/mol. The van der Waals surface area contributed by atoms with Gasteiger partial charge in [0.25, 0.3) is 0 Å². The average molecular weight is 230 g/mol. The standard InChI is InChI=1S/C14H18N2O/c1-3-11-5-7-12(8-6-11)13-9-16-14(17-13)10-15-4-2/h5-9,15H,3-4,10H2,1-2H3. The molecule has 1 N–H and O–H groups in total. The Morgan fingerprint density at radius 1 is 1.18 bits per heavy atom. The van der Waals surface area contributed by atoms with E-state index in [2.05, 4.69) is 48.4 Å². The Bertz CT molecular complexity index is 459. The Labute approximate surface area is 102 Å². The molecule has 3 nitrogen and oxygen atoms in total. The number of nitrogens with zero attached hydrogens (tertiary/aromatic N) is 1. The summed E-state index contributed by atoms with van der Waals surface area (Å²) in [5.74, 6) is 1.57. The second kappa shape index (κ2) is 5.64. The molecule has 1 heterocycles. The van der Waals surface area contributed by atoms with Gasteiger partial charge in [0.15, 0.2) is 5.76 Å². The lowest BCUT2D eigenvalue weighted by atomic mass is 10.1. The van der Waals surface area contributed by atoms with E-state index in [0.717, 1.165) is 30.2 Å². The third-order valence-corrected chi connectivity index (χ3v) is 2.73. The van der Waals surface area contributed by atoms with Crippen molar-refractivity contribution in [1.29, 1.82) is 0 Å². The fourth-order valence-corrected chi connectivity index (χ4v) is 1.66. The van der Waals surface area contributed by atoms with Gasteiger partial charge in [-0.3, -0.25) is 0 Å². The van der Waals surface area contributed by atoms with Crippen LogP contribution in [0.15, 0.2) is 34.9 Å². The van der Waals surface area contributed by atoms with Crippen molar-refractivity contribution in [3.63, 3.8) is 0 Å². The molecule has 1 aromatic carbocycles. The highest BCUT2D eigenvalue weighted by molar-refractivity contribution is 5.56. The largest absolute Gasteiger partial charge is 0.439 e. The van der Waals surface area contributed by atoms with Crippen molar-refractivity contribution in [2.24, 2.45) is 0 Å². The maximum atomic E-state index is 5.67. The molecule has 3 heteroatoms. The van der Waals surface area contributed by atoms with Crippen molar-refractivity contribution < 1.29 is 4.42 Å². The number of aromatic nitrogens is 1. The summed E-state index contributed by atoms with van der Waals surface area (Å²) in [6.45, 7) is 5.82. The third kappa shape index (κ3) is 2.94. The predicted octanol–water partition coefficient (Wildman–Crippen LogP) is 3.01. The topological polar surface area (TPSA) is 38.1 Å². The fourth-order valence-electron chi connectivity index (χ4n) is 1.66. The summed E-state index contributed by atoms with van der Waals surface area (Å²) in [6.07, 6.45) is 2.84. The molecule has 0 aliphatic rings. The molecule has 2 aromatic rings. The molecule has 17 heavy (non-hydrogen) atoms. The summed E-state index contributed by atoms with van der Waals surface area (Å²) in [4.78, 5) is 4.24. The van der Waals surface area contributed by atoms with Crippen molar-refractivity contribution in [2.75, 3.05) is 6.54 Å². The summed E-state index contributed by atoms with van der Waals surface area (Å²) >= 11 is 0. The molecule has 0 amide bonds. The molecule has 0 fully saturated rings. The number of hydrogen-bond acceptors (Lipinski definition) is 3. The fraction of sp³-hybridized carbons (Fsp3) is 0.357. The lowest BCUT2D eigenvalue weighted by molar-refractivity contribution is 0.482. The molecule has 2 rings (SSSR count). The van der Waals surface area contributed by atoms with Crippen LogP contribution in [0.5, 0.6) is 0 Å². The number of benzene rings is 1. The number of nitrogens with one attached hydrogen (secondary N) is 1. The van der Waals surface area contributed by atoms with E-state index in [1.54, 1.807) is 6.20 Å². The van der Waals surface area contributed by atoms with E-state index in [1.165, 1.54) is 5.56 Å². The third-order valence-electron chi connectivity index (χ3n) is 2.73. The van der Waals surface area contributed by atoms with E-state index in [9.17, 15) is 0 Å². The Morgan fingerprint density at radius 3 is 2.59 bits per heavy atom. The second-order valence-corrected chi connectivity index (χ2v) is 3.95. The summed E-state index contributed by atoms with van der Waals surface area (Å²) in [7, 11) is 0. The molecule has 0 atom stereocenters. The summed E-state index contributed by atoms with van der Waals surface area (Å²) in [6, 6.07) is 8.41. The van der Waals surface area contributed by atoms with Crippen LogP contribution in [0.1, 0.15) is 25.3 Å². The smallest absolute Gasteiger partial charge is 0.208 e. The molecule has 0 saturated carbocycles. The number of hydrogen-bond donors (Lipinski definition) is 1. The van der Waals surface area contributed by atoms with Gasteiger partial charge in [-0.2, -0.15) is 0 Å². The van der Waals surface area contributed by atoms with Gasteiger partial charge in [-0.1, -0.05) is 38.1 Å². The minimum Gasteiger partial charge on any atom is -0.439 e. The lowest BCUT2D eigenvalue weighted by Gasteiger charge is -1.99. The van der Waals surface area contributed by atoms with Gasteiger partial charge in [0, 0.05) is 5.56 Å². The zero-order chi connectivity index (χ0) is 12.1. The van der Waals surface area contributed by atoms with Crippen LogP contribution in [-0.2, 0) is 13.0 Å². The van der Waals surface area contributed by atoms with Crippen molar-refractivity contribution in [1.82, 2.24) is 10.3 Å². The zero-order valence-electron chi connectivity index (χ0n) is 10.4. The molecule has 0 aliphatic carbocycles. The van der Waals surface area contributed by atoms with Crippen LogP contribution in [0.3, 0.4) is 0 Å². The van der Waals surface area contributed by atoms with Crippen molar-refractivity contribution >= 4 is 0 Å². The quantitative estimate of drug-likeness (QED) is 0.858. The van der Waals surface area contributed by atoms with Gasteiger partial charge < -0.3 is 9.73 Å². The maximum Gasteiger partial charge on any atom is 0.208 e. The van der Waals surface area contributed by atoms with E-state index >= 15 is 0 Å². The monoisotopic (exact) mass is 230 g/mol. The van der Waals surface area contributed by atoms with Crippen molar-refractivity contribution in [2.45, 2.75) is 26.8 Å².